The van der Waals surface area contributed by atoms with Gasteiger partial charge in [0, 0.05) is 31.1 Å². The molecule has 0 saturated carbocycles. The van der Waals surface area contributed by atoms with Gasteiger partial charge in [-0.3, -0.25) is 9.69 Å². The molecule has 0 unspecified atom stereocenters. The fourth-order valence-corrected chi connectivity index (χ4v) is 4.13. The van der Waals surface area contributed by atoms with Crippen LogP contribution in [0.3, 0.4) is 0 Å². The van der Waals surface area contributed by atoms with E-state index in [1.807, 2.05) is 11.8 Å². The van der Waals surface area contributed by atoms with Crippen LogP contribution in [0.25, 0.3) is 0 Å². The minimum Gasteiger partial charge on any atom is -0.337 e. The molecule has 22 heavy (non-hydrogen) atoms. The van der Waals surface area contributed by atoms with Gasteiger partial charge in [0.25, 0.3) is 0 Å². The molecule has 2 aliphatic heterocycles. The summed E-state index contributed by atoms with van der Waals surface area (Å²) in [5.41, 5.74) is 1.32. The van der Waals surface area contributed by atoms with E-state index in [9.17, 15) is 4.79 Å². The summed E-state index contributed by atoms with van der Waals surface area (Å²) in [5.74, 6) is 2.15. The zero-order valence-electron chi connectivity index (χ0n) is 12.7. The minimum atomic E-state index is 0.224. The number of aromatic nitrogens is 3. The van der Waals surface area contributed by atoms with E-state index in [2.05, 4.69) is 31.1 Å². The van der Waals surface area contributed by atoms with Gasteiger partial charge < -0.3 is 9.47 Å². The maximum absolute atomic E-state index is 12.6. The molecule has 7 heteroatoms. The summed E-state index contributed by atoms with van der Waals surface area (Å²) in [7, 11) is 0. The molecule has 6 nitrogen and oxygen atoms in total. The summed E-state index contributed by atoms with van der Waals surface area (Å²) >= 11 is 1.80. The van der Waals surface area contributed by atoms with Gasteiger partial charge in [-0.15, -0.1) is 21.5 Å². The number of hydrogen-bond acceptors (Lipinski definition) is 5. The van der Waals surface area contributed by atoms with E-state index in [1.165, 1.54) is 10.4 Å². The Kier molecular flexibility index (Phi) is 3.46. The second-order valence-electron chi connectivity index (χ2n) is 5.96. The first kappa shape index (κ1) is 13.9. The van der Waals surface area contributed by atoms with Crippen molar-refractivity contribution in [1.29, 1.82) is 0 Å². The maximum Gasteiger partial charge on any atom is 0.237 e. The van der Waals surface area contributed by atoms with Crippen molar-refractivity contribution in [2.75, 3.05) is 19.6 Å². The fourth-order valence-electron chi connectivity index (χ4n) is 3.24. The number of fused-ring (bicyclic) bond motifs is 2. The predicted octanol–water partition coefficient (Wildman–Crippen LogP) is 1.05. The normalized spacial score (nSPS) is 18.1. The predicted molar refractivity (Wildman–Crippen MR) is 83.5 cm³/mol. The Morgan fingerprint density at radius 3 is 3.09 bits per heavy atom. The Balaban J connectivity index is 1.39. The average Bonchev–Trinajstić information content (AvgIpc) is 3.13. The first-order valence-electron chi connectivity index (χ1n) is 7.65. The third kappa shape index (κ3) is 2.44. The number of nitrogens with zero attached hydrogens (tertiary/aromatic N) is 5. The number of amides is 1. The van der Waals surface area contributed by atoms with Gasteiger partial charge in [-0.25, -0.2) is 0 Å². The van der Waals surface area contributed by atoms with E-state index in [0.29, 0.717) is 13.1 Å². The van der Waals surface area contributed by atoms with Gasteiger partial charge in [0.1, 0.15) is 11.6 Å². The van der Waals surface area contributed by atoms with E-state index in [4.69, 9.17) is 0 Å². The lowest BCUT2D eigenvalue weighted by molar-refractivity contribution is -0.133. The summed E-state index contributed by atoms with van der Waals surface area (Å²) in [5, 5.41) is 10.4. The highest BCUT2D eigenvalue weighted by molar-refractivity contribution is 7.10. The van der Waals surface area contributed by atoms with E-state index in [-0.39, 0.29) is 5.91 Å². The molecule has 0 spiro atoms. The van der Waals surface area contributed by atoms with Gasteiger partial charge in [-0.2, -0.15) is 0 Å². The van der Waals surface area contributed by atoms with Crippen molar-refractivity contribution in [3.63, 3.8) is 0 Å². The summed E-state index contributed by atoms with van der Waals surface area (Å²) in [4.78, 5) is 18.2. The molecule has 0 atom stereocenters. The first-order chi connectivity index (χ1) is 10.7. The molecule has 116 valence electrons. The second-order valence-corrected chi connectivity index (χ2v) is 6.96. The Labute approximate surface area is 133 Å². The van der Waals surface area contributed by atoms with Crippen LogP contribution in [0.5, 0.6) is 0 Å². The number of hydrogen-bond donors (Lipinski definition) is 0. The Bertz CT molecular complexity index is 707. The van der Waals surface area contributed by atoms with Crippen LogP contribution in [0.1, 0.15) is 22.1 Å². The van der Waals surface area contributed by atoms with Gasteiger partial charge in [-0.1, -0.05) is 0 Å². The molecule has 0 N–H and O–H groups in total. The van der Waals surface area contributed by atoms with Crippen molar-refractivity contribution in [3.05, 3.63) is 33.5 Å². The summed E-state index contributed by atoms with van der Waals surface area (Å²) in [6, 6.07) is 2.14. The molecule has 0 bridgehead atoms. The van der Waals surface area contributed by atoms with Crippen LogP contribution in [0.15, 0.2) is 11.4 Å². The van der Waals surface area contributed by atoms with E-state index in [1.54, 1.807) is 11.3 Å². The molecular formula is C15H19N5OS. The lowest BCUT2D eigenvalue weighted by Gasteiger charge is -2.31. The molecule has 2 aromatic rings. The number of aryl methyl sites for hydroxylation is 1. The third-order valence-corrected chi connectivity index (χ3v) is 5.56. The maximum atomic E-state index is 12.6. The fraction of sp³-hybridized carbons (Fsp3) is 0.533. The van der Waals surface area contributed by atoms with Crippen molar-refractivity contribution in [2.45, 2.75) is 33.0 Å². The Hall–Kier alpha value is -1.73. The van der Waals surface area contributed by atoms with Crippen LogP contribution in [0.4, 0.5) is 0 Å². The third-order valence-electron chi connectivity index (χ3n) is 4.54. The van der Waals surface area contributed by atoms with Crippen LogP contribution in [0, 0.1) is 6.92 Å². The monoisotopic (exact) mass is 317 g/mol. The van der Waals surface area contributed by atoms with Crippen molar-refractivity contribution in [3.8, 4) is 0 Å². The average molecular weight is 317 g/mol. The van der Waals surface area contributed by atoms with Crippen molar-refractivity contribution < 1.29 is 4.79 Å². The first-order valence-corrected chi connectivity index (χ1v) is 8.53. The van der Waals surface area contributed by atoms with Gasteiger partial charge >= 0.3 is 0 Å². The summed E-state index contributed by atoms with van der Waals surface area (Å²) in [6.45, 7) is 6.53. The topological polar surface area (TPSA) is 54.3 Å². The summed E-state index contributed by atoms with van der Waals surface area (Å²) in [6.07, 6.45) is 0.992. The zero-order chi connectivity index (χ0) is 15.1. The highest BCUT2D eigenvalue weighted by Gasteiger charge is 2.25. The highest BCUT2D eigenvalue weighted by Crippen LogP contribution is 2.24. The lowest BCUT2D eigenvalue weighted by Crippen LogP contribution is -2.44. The minimum absolute atomic E-state index is 0.224. The zero-order valence-corrected chi connectivity index (χ0v) is 13.5. The van der Waals surface area contributed by atoms with Crippen LogP contribution in [-0.2, 0) is 30.8 Å². The Morgan fingerprint density at radius 2 is 2.18 bits per heavy atom. The van der Waals surface area contributed by atoms with E-state index in [0.717, 1.165) is 44.2 Å². The molecule has 0 fully saturated rings. The highest BCUT2D eigenvalue weighted by atomic mass is 32.1. The van der Waals surface area contributed by atoms with Gasteiger partial charge in [0.2, 0.25) is 5.91 Å². The number of thiophene rings is 1. The van der Waals surface area contributed by atoms with Gasteiger partial charge in [0.15, 0.2) is 0 Å². The van der Waals surface area contributed by atoms with E-state index >= 15 is 0 Å². The largest absolute Gasteiger partial charge is 0.337 e. The van der Waals surface area contributed by atoms with Gasteiger partial charge in [-0.05, 0) is 30.4 Å². The standard InChI is InChI=1S/C15H19N5OS/c1-11-16-17-14-9-18(5-6-20(11)14)10-15(21)19-4-2-13-12(8-19)3-7-22-13/h3,7H,2,4-6,8-10H2,1H3. The second kappa shape index (κ2) is 5.48. The molecule has 0 radical (unpaired) electrons. The van der Waals surface area contributed by atoms with Crippen LogP contribution in [0.2, 0.25) is 0 Å². The lowest BCUT2D eigenvalue weighted by atomic mass is 10.1. The van der Waals surface area contributed by atoms with Crippen molar-refractivity contribution in [1.82, 2.24) is 24.6 Å². The number of rotatable bonds is 2. The molecule has 4 rings (SSSR count). The molecule has 1 amide bonds. The molecule has 4 heterocycles. The molecule has 2 aromatic heterocycles. The Morgan fingerprint density at radius 1 is 1.27 bits per heavy atom. The molecular weight excluding hydrogens is 298 g/mol. The van der Waals surface area contributed by atoms with Gasteiger partial charge in [0.05, 0.1) is 13.1 Å². The number of carbonyl (C=O) groups is 1. The molecule has 2 aliphatic rings. The SMILES string of the molecule is Cc1nnc2n1CCN(CC(=O)N1CCc3sccc3C1)C2. The molecule has 0 aliphatic carbocycles. The molecule has 0 aromatic carbocycles. The van der Waals surface area contributed by atoms with Crippen LogP contribution in [-0.4, -0.2) is 50.1 Å². The summed E-state index contributed by atoms with van der Waals surface area (Å²) < 4.78 is 2.14. The van der Waals surface area contributed by atoms with Crippen molar-refractivity contribution >= 4 is 17.2 Å². The van der Waals surface area contributed by atoms with Crippen LogP contribution >= 0.6 is 11.3 Å². The quantitative estimate of drug-likeness (QED) is 0.831. The van der Waals surface area contributed by atoms with Crippen molar-refractivity contribution in [2.24, 2.45) is 0 Å². The number of carbonyl (C=O) groups excluding carboxylic acids is 1. The molecule has 0 saturated heterocycles. The smallest absolute Gasteiger partial charge is 0.237 e. The van der Waals surface area contributed by atoms with Crippen LogP contribution < -0.4 is 0 Å². The van der Waals surface area contributed by atoms with E-state index < -0.39 is 0 Å².